The van der Waals surface area contributed by atoms with Gasteiger partial charge in [-0.1, -0.05) is 26.2 Å². The van der Waals surface area contributed by atoms with Crippen LogP contribution in [0.2, 0.25) is 0 Å². The van der Waals surface area contributed by atoms with Crippen LogP contribution in [0.4, 0.5) is 5.82 Å². The van der Waals surface area contributed by atoms with Gasteiger partial charge in [0.2, 0.25) is 0 Å². The molecular formula is C22H30IN5O7. The van der Waals surface area contributed by atoms with Crippen LogP contribution in [0, 0.1) is 3.83 Å². The van der Waals surface area contributed by atoms with Crippen LogP contribution in [0.25, 0.3) is 11.2 Å². The van der Waals surface area contributed by atoms with Gasteiger partial charge in [-0.25, -0.2) is 15.0 Å². The van der Waals surface area contributed by atoms with Crippen molar-refractivity contribution in [1.82, 2.24) is 19.5 Å². The molecule has 2 aromatic heterocycles. The van der Waals surface area contributed by atoms with Gasteiger partial charge in [0.15, 0.2) is 39.2 Å². The number of rotatable bonds is 11. The van der Waals surface area contributed by atoms with Crippen molar-refractivity contribution in [3.8, 4) is 0 Å². The van der Waals surface area contributed by atoms with Gasteiger partial charge in [0, 0.05) is 49.9 Å². The molecule has 35 heavy (non-hydrogen) atoms. The molecule has 1 saturated heterocycles. The molecule has 0 unspecified atom stereocenters. The molecule has 0 radical (unpaired) electrons. The lowest BCUT2D eigenvalue weighted by molar-refractivity contribution is -0.166. The number of imidazole rings is 1. The van der Waals surface area contributed by atoms with Crippen LogP contribution in [0.15, 0.2) is 6.33 Å². The molecular weight excluding hydrogens is 573 g/mol. The van der Waals surface area contributed by atoms with Crippen LogP contribution in [-0.2, 0) is 33.3 Å². The maximum Gasteiger partial charge on any atom is 0.303 e. The summed E-state index contributed by atoms with van der Waals surface area (Å²) >= 11 is 2.02. The molecule has 1 fully saturated rings. The third-order valence-corrected chi connectivity index (χ3v) is 5.81. The zero-order valence-corrected chi connectivity index (χ0v) is 22.3. The van der Waals surface area contributed by atoms with E-state index in [2.05, 4.69) is 27.2 Å². The van der Waals surface area contributed by atoms with Crippen LogP contribution in [0.3, 0.4) is 0 Å². The average Bonchev–Trinajstić information content (AvgIpc) is 3.33. The van der Waals surface area contributed by atoms with E-state index in [9.17, 15) is 14.4 Å². The second-order valence-electron chi connectivity index (χ2n) is 8.17. The van der Waals surface area contributed by atoms with Gasteiger partial charge in [0.1, 0.15) is 12.7 Å². The third-order valence-electron chi connectivity index (χ3n) is 5.33. The van der Waals surface area contributed by atoms with Gasteiger partial charge in [0.05, 0.1) is 6.33 Å². The minimum atomic E-state index is -1.02. The maximum absolute atomic E-state index is 11.9. The number of fused-ring (bicyclic) bond motifs is 1. The molecule has 1 N–H and O–H groups in total. The summed E-state index contributed by atoms with van der Waals surface area (Å²) in [5, 5.41) is 3.33. The van der Waals surface area contributed by atoms with Crippen molar-refractivity contribution in [1.29, 1.82) is 0 Å². The van der Waals surface area contributed by atoms with Crippen molar-refractivity contribution in [2.45, 2.75) is 77.9 Å². The molecule has 4 atom stereocenters. The molecule has 0 saturated carbocycles. The minimum Gasteiger partial charge on any atom is -0.463 e. The van der Waals surface area contributed by atoms with E-state index in [1.807, 2.05) is 22.6 Å². The third kappa shape index (κ3) is 6.99. The largest absolute Gasteiger partial charge is 0.463 e. The fourth-order valence-electron chi connectivity index (χ4n) is 3.87. The average molecular weight is 603 g/mol. The lowest BCUT2D eigenvalue weighted by Crippen LogP contribution is -2.40. The summed E-state index contributed by atoms with van der Waals surface area (Å²) in [6, 6.07) is 0. The Morgan fingerprint density at radius 1 is 1.06 bits per heavy atom. The first kappa shape index (κ1) is 27.0. The van der Waals surface area contributed by atoms with Crippen LogP contribution in [0.1, 0.15) is 59.6 Å². The number of anilines is 1. The van der Waals surface area contributed by atoms with Gasteiger partial charge >= 0.3 is 17.9 Å². The molecule has 13 heteroatoms. The van der Waals surface area contributed by atoms with E-state index in [-0.39, 0.29) is 6.61 Å². The molecule has 3 rings (SSSR count). The van der Waals surface area contributed by atoms with E-state index >= 15 is 0 Å². The summed E-state index contributed by atoms with van der Waals surface area (Å²) in [5.74, 6) is -1.11. The molecule has 1 aliphatic heterocycles. The number of nitrogens with one attached hydrogen (secondary N) is 1. The number of carbonyl (C=O) groups is 3. The highest BCUT2D eigenvalue weighted by molar-refractivity contribution is 14.1. The first-order valence-electron chi connectivity index (χ1n) is 11.5. The molecule has 0 spiro atoms. The lowest BCUT2D eigenvalue weighted by atomic mass is 10.1. The smallest absolute Gasteiger partial charge is 0.303 e. The van der Waals surface area contributed by atoms with E-state index < -0.39 is 42.4 Å². The highest BCUT2D eigenvalue weighted by Gasteiger charge is 2.51. The Bertz CT molecular complexity index is 1060. The van der Waals surface area contributed by atoms with Gasteiger partial charge in [-0.05, 0) is 6.42 Å². The Morgan fingerprint density at radius 2 is 1.77 bits per heavy atom. The number of hydrogen-bond acceptors (Lipinski definition) is 11. The number of halogens is 1. The van der Waals surface area contributed by atoms with Gasteiger partial charge < -0.3 is 24.3 Å². The fourth-order valence-corrected chi connectivity index (χ4v) is 4.34. The summed E-state index contributed by atoms with van der Waals surface area (Å²) in [6.07, 6.45) is 2.12. The quantitative estimate of drug-likeness (QED) is 0.133. The van der Waals surface area contributed by atoms with Crippen molar-refractivity contribution >= 4 is 57.5 Å². The van der Waals surface area contributed by atoms with Crippen molar-refractivity contribution in [3.05, 3.63) is 10.2 Å². The SMILES string of the molecule is CCCCCCNc1nc(I)nc2c1ncn2[C@@H]1O[C@@H](COC(C)=O)[C@@H](OC(C)=O)[C@H]1OC(C)=O. The van der Waals surface area contributed by atoms with E-state index in [0.29, 0.717) is 20.8 Å². The van der Waals surface area contributed by atoms with Crippen LogP contribution < -0.4 is 5.32 Å². The predicted octanol–water partition coefficient (Wildman–Crippen LogP) is 2.75. The van der Waals surface area contributed by atoms with E-state index in [0.717, 1.165) is 25.8 Å². The molecule has 0 aromatic carbocycles. The number of esters is 3. The van der Waals surface area contributed by atoms with Crippen molar-refractivity contribution in [3.63, 3.8) is 0 Å². The fraction of sp³-hybridized carbons (Fsp3) is 0.636. The summed E-state index contributed by atoms with van der Waals surface area (Å²) in [7, 11) is 0. The maximum atomic E-state index is 11.9. The van der Waals surface area contributed by atoms with Crippen LogP contribution >= 0.6 is 22.6 Å². The number of carbonyl (C=O) groups excluding carboxylic acids is 3. The summed E-state index contributed by atoms with van der Waals surface area (Å²) in [6.45, 7) is 6.46. The van der Waals surface area contributed by atoms with Crippen LogP contribution in [-0.4, -0.2) is 68.9 Å². The number of unbranched alkanes of at least 4 members (excludes halogenated alkanes) is 3. The van der Waals surface area contributed by atoms with Crippen molar-refractivity contribution in [2.75, 3.05) is 18.5 Å². The number of hydrogen-bond donors (Lipinski definition) is 1. The second kappa shape index (κ2) is 12.4. The second-order valence-corrected chi connectivity index (χ2v) is 9.13. The first-order valence-corrected chi connectivity index (χ1v) is 12.6. The topological polar surface area (TPSA) is 144 Å². The number of nitrogens with zero attached hydrogens (tertiary/aromatic N) is 4. The van der Waals surface area contributed by atoms with Crippen LogP contribution in [0.5, 0.6) is 0 Å². The highest BCUT2D eigenvalue weighted by Crippen LogP contribution is 2.36. The number of ether oxygens (including phenoxy) is 4. The van der Waals surface area contributed by atoms with Crippen molar-refractivity contribution in [2.24, 2.45) is 0 Å². The Labute approximate surface area is 216 Å². The molecule has 1 aliphatic rings. The Morgan fingerprint density at radius 3 is 2.43 bits per heavy atom. The Hall–Kier alpha value is -2.55. The summed E-state index contributed by atoms with van der Waals surface area (Å²) < 4.78 is 24.2. The molecule has 0 aliphatic carbocycles. The normalized spacial score (nSPS) is 21.6. The monoisotopic (exact) mass is 603 g/mol. The molecule has 0 bridgehead atoms. The highest BCUT2D eigenvalue weighted by atomic mass is 127. The zero-order valence-electron chi connectivity index (χ0n) is 20.2. The predicted molar refractivity (Wildman–Crippen MR) is 132 cm³/mol. The molecule has 2 aromatic rings. The zero-order chi connectivity index (χ0) is 25.5. The molecule has 12 nitrogen and oxygen atoms in total. The van der Waals surface area contributed by atoms with Gasteiger partial charge in [-0.15, -0.1) is 0 Å². The molecule has 3 heterocycles. The van der Waals surface area contributed by atoms with E-state index in [4.69, 9.17) is 18.9 Å². The van der Waals surface area contributed by atoms with Crippen molar-refractivity contribution < 1.29 is 33.3 Å². The first-order chi connectivity index (χ1) is 16.7. The van der Waals surface area contributed by atoms with Gasteiger partial charge in [-0.3, -0.25) is 19.0 Å². The van der Waals surface area contributed by atoms with Gasteiger partial charge in [-0.2, -0.15) is 0 Å². The molecule has 0 amide bonds. The van der Waals surface area contributed by atoms with E-state index in [1.165, 1.54) is 33.5 Å². The van der Waals surface area contributed by atoms with E-state index in [1.54, 1.807) is 4.57 Å². The summed E-state index contributed by atoms with van der Waals surface area (Å²) in [5.41, 5.74) is 0.982. The summed E-state index contributed by atoms with van der Waals surface area (Å²) in [4.78, 5) is 48.6. The Balaban J connectivity index is 1.94. The molecule has 192 valence electrons. The Kier molecular flexibility index (Phi) is 9.60. The minimum absolute atomic E-state index is 0.189. The van der Waals surface area contributed by atoms with Gasteiger partial charge in [0.25, 0.3) is 0 Å². The standard InChI is InChI=1S/C22H30IN5O7/c1-5-6-7-8-9-24-19-16-20(27-22(23)26-19)28(11-25-16)21-18(34-14(4)31)17(33-13(3)30)15(35-21)10-32-12(2)29/h11,15,17-18,21H,5-10H2,1-4H3,(H,24,26,27)/t15-,17+,18+,21+/m0/s1. The number of aromatic nitrogens is 4. The lowest BCUT2D eigenvalue weighted by Gasteiger charge is -2.23.